The van der Waals surface area contributed by atoms with Gasteiger partial charge in [0.15, 0.2) is 5.82 Å². The Morgan fingerprint density at radius 1 is 1.24 bits per heavy atom. The smallest absolute Gasteiger partial charge is 0.228 e. The number of rotatable bonds is 4. The standard InChI is InChI=1S/C14H15F2N5/c1-7(8-2-3-8)18-14-20-12(19-13(17)21-14)10-6-9(15)4-5-11(10)16/h4-8H,2-3H2,1H3,(H3,17,18,19,20,21). The van der Waals surface area contributed by atoms with Gasteiger partial charge in [0, 0.05) is 6.04 Å². The maximum absolute atomic E-state index is 13.8. The van der Waals surface area contributed by atoms with Gasteiger partial charge in [0.25, 0.3) is 0 Å². The van der Waals surface area contributed by atoms with Gasteiger partial charge in [0.2, 0.25) is 11.9 Å². The monoisotopic (exact) mass is 291 g/mol. The van der Waals surface area contributed by atoms with E-state index in [1.165, 1.54) is 12.8 Å². The molecule has 1 heterocycles. The van der Waals surface area contributed by atoms with Crippen LogP contribution in [0.4, 0.5) is 20.7 Å². The summed E-state index contributed by atoms with van der Waals surface area (Å²) in [5, 5.41) is 3.13. The van der Waals surface area contributed by atoms with Gasteiger partial charge in [-0.05, 0) is 43.9 Å². The molecule has 5 nitrogen and oxygen atoms in total. The summed E-state index contributed by atoms with van der Waals surface area (Å²) in [6.45, 7) is 2.03. The first kappa shape index (κ1) is 13.7. The molecule has 1 unspecified atom stereocenters. The third-order valence-corrected chi connectivity index (χ3v) is 3.51. The average Bonchev–Trinajstić information content (AvgIpc) is 3.25. The minimum atomic E-state index is -0.608. The van der Waals surface area contributed by atoms with Crippen molar-refractivity contribution in [1.82, 2.24) is 15.0 Å². The third-order valence-electron chi connectivity index (χ3n) is 3.51. The van der Waals surface area contributed by atoms with Crippen molar-refractivity contribution in [3.8, 4) is 11.4 Å². The van der Waals surface area contributed by atoms with Gasteiger partial charge < -0.3 is 11.1 Å². The van der Waals surface area contributed by atoms with Gasteiger partial charge >= 0.3 is 0 Å². The molecule has 0 saturated heterocycles. The van der Waals surface area contributed by atoms with Crippen LogP contribution in [-0.2, 0) is 0 Å². The highest BCUT2D eigenvalue weighted by Crippen LogP contribution is 2.33. The first-order valence-electron chi connectivity index (χ1n) is 6.76. The second kappa shape index (κ2) is 5.23. The molecule has 1 fully saturated rings. The van der Waals surface area contributed by atoms with Crippen LogP contribution in [0, 0.1) is 17.6 Å². The molecule has 0 spiro atoms. The van der Waals surface area contributed by atoms with E-state index in [1.54, 1.807) is 0 Å². The molecule has 110 valence electrons. The van der Waals surface area contributed by atoms with Crippen LogP contribution < -0.4 is 11.1 Å². The van der Waals surface area contributed by atoms with Gasteiger partial charge in [-0.1, -0.05) is 0 Å². The maximum atomic E-state index is 13.8. The first-order chi connectivity index (χ1) is 10.0. The maximum Gasteiger partial charge on any atom is 0.228 e. The Morgan fingerprint density at radius 3 is 2.71 bits per heavy atom. The normalized spacial score (nSPS) is 15.8. The van der Waals surface area contributed by atoms with Gasteiger partial charge in [-0.2, -0.15) is 15.0 Å². The van der Waals surface area contributed by atoms with Crippen molar-refractivity contribution >= 4 is 11.9 Å². The van der Waals surface area contributed by atoms with E-state index in [9.17, 15) is 8.78 Å². The summed E-state index contributed by atoms with van der Waals surface area (Å²) in [6, 6.07) is 3.32. The van der Waals surface area contributed by atoms with Gasteiger partial charge in [0.05, 0.1) is 5.56 Å². The van der Waals surface area contributed by atoms with E-state index in [1.807, 2.05) is 6.92 Å². The van der Waals surface area contributed by atoms with Crippen LogP contribution in [0.15, 0.2) is 18.2 Å². The number of benzene rings is 1. The van der Waals surface area contributed by atoms with Crippen LogP contribution in [0.25, 0.3) is 11.4 Å². The molecule has 1 aromatic heterocycles. The van der Waals surface area contributed by atoms with Crippen molar-refractivity contribution < 1.29 is 8.78 Å². The molecule has 0 amide bonds. The summed E-state index contributed by atoms with van der Waals surface area (Å²) in [6.07, 6.45) is 2.33. The predicted molar refractivity (Wildman–Crippen MR) is 75.4 cm³/mol. The number of nitrogen functional groups attached to an aromatic ring is 1. The summed E-state index contributed by atoms with van der Waals surface area (Å²) in [4.78, 5) is 12.0. The molecule has 21 heavy (non-hydrogen) atoms. The minimum absolute atomic E-state index is 0.0185. The second-order valence-corrected chi connectivity index (χ2v) is 5.24. The number of aromatic nitrogens is 3. The summed E-state index contributed by atoms with van der Waals surface area (Å²) in [5.74, 6) is -0.313. The largest absolute Gasteiger partial charge is 0.368 e. The number of nitrogens with zero attached hydrogens (tertiary/aromatic N) is 3. The minimum Gasteiger partial charge on any atom is -0.368 e. The molecule has 2 aromatic rings. The molecule has 1 aromatic carbocycles. The highest BCUT2D eigenvalue weighted by molar-refractivity contribution is 5.58. The third kappa shape index (κ3) is 3.07. The fraction of sp³-hybridized carbons (Fsp3) is 0.357. The van der Waals surface area contributed by atoms with Crippen LogP contribution in [-0.4, -0.2) is 21.0 Å². The second-order valence-electron chi connectivity index (χ2n) is 5.24. The van der Waals surface area contributed by atoms with E-state index < -0.39 is 11.6 Å². The fourth-order valence-corrected chi connectivity index (χ4v) is 2.16. The van der Waals surface area contributed by atoms with Crippen LogP contribution in [0.5, 0.6) is 0 Å². The van der Waals surface area contributed by atoms with E-state index in [-0.39, 0.29) is 29.3 Å². The van der Waals surface area contributed by atoms with Gasteiger partial charge in [-0.3, -0.25) is 0 Å². The van der Waals surface area contributed by atoms with Gasteiger partial charge in [-0.25, -0.2) is 8.78 Å². The quantitative estimate of drug-likeness (QED) is 0.905. The molecule has 1 saturated carbocycles. The molecule has 0 bridgehead atoms. The number of halogens is 2. The van der Waals surface area contributed by atoms with E-state index in [0.29, 0.717) is 5.92 Å². The average molecular weight is 291 g/mol. The Hall–Kier alpha value is -2.31. The topological polar surface area (TPSA) is 76.7 Å². The number of hydrogen-bond acceptors (Lipinski definition) is 5. The summed E-state index contributed by atoms with van der Waals surface area (Å²) in [7, 11) is 0. The molecule has 1 atom stereocenters. The van der Waals surface area contributed by atoms with Crippen molar-refractivity contribution in [2.75, 3.05) is 11.1 Å². The summed E-state index contributed by atoms with van der Waals surface area (Å²) < 4.78 is 27.1. The van der Waals surface area contributed by atoms with Crippen molar-refractivity contribution in [1.29, 1.82) is 0 Å². The SMILES string of the molecule is CC(Nc1nc(N)nc(-c2cc(F)ccc2F)n1)C1CC1. The Kier molecular flexibility index (Phi) is 3.40. The van der Waals surface area contributed by atoms with Crippen LogP contribution in [0.2, 0.25) is 0 Å². The lowest BCUT2D eigenvalue weighted by Gasteiger charge is -2.13. The van der Waals surface area contributed by atoms with Crippen LogP contribution in [0.3, 0.4) is 0 Å². The highest BCUT2D eigenvalue weighted by Gasteiger charge is 2.28. The zero-order valence-electron chi connectivity index (χ0n) is 11.5. The number of hydrogen-bond donors (Lipinski definition) is 2. The summed E-state index contributed by atoms with van der Waals surface area (Å²) in [5.41, 5.74) is 5.60. The molecule has 3 N–H and O–H groups in total. The Bertz CT molecular complexity index is 672. The number of nitrogens with two attached hydrogens (primary N) is 1. The molecule has 3 rings (SSSR count). The van der Waals surface area contributed by atoms with E-state index >= 15 is 0 Å². The Balaban J connectivity index is 1.94. The van der Waals surface area contributed by atoms with Crippen molar-refractivity contribution in [2.45, 2.75) is 25.8 Å². The van der Waals surface area contributed by atoms with Gasteiger partial charge in [0.1, 0.15) is 11.6 Å². The lowest BCUT2D eigenvalue weighted by molar-refractivity contribution is 0.602. The van der Waals surface area contributed by atoms with Crippen molar-refractivity contribution in [3.05, 3.63) is 29.8 Å². The fourth-order valence-electron chi connectivity index (χ4n) is 2.16. The predicted octanol–water partition coefficient (Wildman–Crippen LogP) is 2.61. The zero-order valence-corrected chi connectivity index (χ0v) is 11.5. The molecular formula is C14H15F2N5. The summed E-state index contributed by atoms with van der Waals surface area (Å²) >= 11 is 0. The lowest BCUT2D eigenvalue weighted by Crippen LogP contribution is -2.20. The molecule has 7 heteroatoms. The number of anilines is 2. The van der Waals surface area contributed by atoms with E-state index in [2.05, 4.69) is 20.3 Å². The van der Waals surface area contributed by atoms with Crippen LogP contribution in [0.1, 0.15) is 19.8 Å². The Morgan fingerprint density at radius 2 is 2.00 bits per heavy atom. The molecule has 1 aliphatic rings. The van der Waals surface area contributed by atoms with Crippen molar-refractivity contribution in [2.24, 2.45) is 5.92 Å². The molecular weight excluding hydrogens is 276 g/mol. The Labute approximate surface area is 120 Å². The lowest BCUT2D eigenvalue weighted by atomic mass is 10.2. The number of nitrogens with one attached hydrogen (secondary N) is 1. The first-order valence-corrected chi connectivity index (χ1v) is 6.76. The van der Waals surface area contributed by atoms with E-state index in [4.69, 9.17) is 5.73 Å². The molecule has 0 aliphatic heterocycles. The molecule has 0 radical (unpaired) electrons. The highest BCUT2D eigenvalue weighted by atomic mass is 19.1. The van der Waals surface area contributed by atoms with Gasteiger partial charge in [-0.15, -0.1) is 0 Å². The van der Waals surface area contributed by atoms with Crippen molar-refractivity contribution in [3.63, 3.8) is 0 Å². The van der Waals surface area contributed by atoms with E-state index in [0.717, 1.165) is 18.2 Å². The van der Waals surface area contributed by atoms with Crippen LogP contribution >= 0.6 is 0 Å². The zero-order chi connectivity index (χ0) is 15.0. The molecule has 1 aliphatic carbocycles.